The first kappa shape index (κ1) is 31.5. The predicted molar refractivity (Wildman–Crippen MR) is 142 cm³/mol. The van der Waals surface area contributed by atoms with Crippen molar-refractivity contribution in [2.24, 2.45) is 0 Å². The monoisotopic (exact) mass is 599 g/mol. The second-order valence-corrected chi connectivity index (χ2v) is 11.5. The molecule has 0 atom stereocenters. The van der Waals surface area contributed by atoms with Crippen LogP contribution in [0.1, 0.15) is 10.4 Å². The van der Waals surface area contributed by atoms with Crippen LogP contribution in [0.15, 0.2) is 94.7 Å². The zero-order valence-corrected chi connectivity index (χ0v) is 22.4. The van der Waals surface area contributed by atoms with E-state index in [2.05, 4.69) is 0 Å². The molecule has 0 bridgehead atoms. The van der Waals surface area contributed by atoms with E-state index in [1.165, 1.54) is 0 Å². The first-order valence-corrected chi connectivity index (χ1v) is 13.5. The minimum Gasteiger partial charge on any atom is -0.445 e. The van der Waals surface area contributed by atoms with Crippen molar-refractivity contribution in [1.29, 1.82) is 0 Å². The Morgan fingerprint density at radius 2 is 1.05 bits per heavy atom. The van der Waals surface area contributed by atoms with Crippen molar-refractivity contribution in [2.45, 2.75) is 9.79 Å². The third-order valence-electron chi connectivity index (χ3n) is 5.86. The summed E-state index contributed by atoms with van der Waals surface area (Å²) in [5.41, 5.74) is -1.13. The summed E-state index contributed by atoms with van der Waals surface area (Å²) in [6, 6.07) is 25.9. The van der Waals surface area contributed by atoms with Gasteiger partial charge in [-0.25, -0.2) is 22.0 Å². The molecule has 0 aliphatic rings. The average molecular weight is 599 g/mol. The van der Waals surface area contributed by atoms with E-state index in [0.29, 0.717) is 15.4 Å². The van der Waals surface area contributed by atoms with Crippen molar-refractivity contribution >= 4 is 33.8 Å². The molecule has 0 saturated heterocycles. The van der Waals surface area contributed by atoms with Crippen LogP contribution in [-0.4, -0.2) is 32.6 Å². The van der Waals surface area contributed by atoms with Crippen LogP contribution in [0.5, 0.6) is 0 Å². The highest BCUT2D eigenvalue weighted by Gasteiger charge is 2.38. The number of hydrogen-bond acceptors (Lipinski definition) is 3. The Labute approximate surface area is 231 Å². The molecule has 0 spiro atoms. The molecule has 4 rings (SSSR count). The maximum Gasteiger partial charge on any atom is 0.515 e. The Balaban J connectivity index is 0.000000263. The van der Waals surface area contributed by atoms with Gasteiger partial charge in [0.25, 0.3) is 0 Å². The fourth-order valence-corrected chi connectivity index (χ4v) is 6.04. The van der Waals surface area contributed by atoms with Crippen LogP contribution < -0.4 is 10.4 Å². The van der Waals surface area contributed by atoms with Crippen molar-refractivity contribution in [2.75, 3.05) is 24.7 Å². The number of halogens is 8. The molecule has 0 saturated carbocycles. The fourth-order valence-electron chi connectivity index (χ4n) is 3.71. The summed E-state index contributed by atoms with van der Waals surface area (Å²) in [7, 11) is 1.23. The van der Waals surface area contributed by atoms with Gasteiger partial charge in [-0.3, -0.25) is 4.79 Å². The quantitative estimate of drug-likeness (QED) is 0.0574. The molecule has 0 amide bonds. The molecular formula is C28H22BF8NO2S. The number of rotatable bonds is 7. The summed E-state index contributed by atoms with van der Waals surface area (Å²) in [6.45, 7) is -6.30. The first-order valence-electron chi connectivity index (χ1n) is 11.8. The molecule has 0 aliphatic carbocycles. The Morgan fingerprint density at radius 3 is 1.41 bits per heavy atom. The molecule has 0 unspecified atom stereocenters. The number of benzene rings is 4. The smallest absolute Gasteiger partial charge is 0.445 e. The molecule has 4 aromatic carbocycles. The molecule has 3 nitrogen and oxygen atoms in total. The zero-order valence-electron chi connectivity index (χ0n) is 21.6. The fraction of sp³-hybridized carbons (Fsp3) is 0.107. The van der Waals surface area contributed by atoms with E-state index >= 15 is 0 Å². The third-order valence-corrected chi connectivity index (χ3v) is 8.60. The largest absolute Gasteiger partial charge is 0.515 e. The minimum atomic E-state index is -6.30. The number of anilines is 1. The molecule has 0 aliphatic heterocycles. The van der Waals surface area contributed by atoms with Gasteiger partial charge in [0.15, 0.2) is 42.9 Å². The molecule has 0 aromatic heterocycles. The lowest BCUT2D eigenvalue weighted by Crippen LogP contribution is -2.41. The summed E-state index contributed by atoms with van der Waals surface area (Å²) in [5, 5.41) is 0. The van der Waals surface area contributed by atoms with Gasteiger partial charge in [-0.2, -0.15) is 0 Å². The molecule has 41 heavy (non-hydrogen) atoms. The van der Waals surface area contributed by atoms with Crippen molar-refractivity contribution in [3.8, 4) is 0 Å². The van der Waals surface area contributed by atoms with Gasteiger partial charge in [0, 0.05) is 25.3 Å². The topological polar surface area (TPSA) is 37.4 Å². The lowest BCUT2D eigenvalue weighted by atomic mass is 9.79. The van der Waals surface area contributed by atoms with Gasteiger partial charge in [0.2, 0.25) is 5.78 Å². The average Bonchev–Trinajstić information content (AvgIpc) is 2.95. The SMILES string of the molecule is CN(C)c1ccc(C(=O)C[S+](=O)(c2ccccc2)c2ccccc2)cc1.Fc1c(F)c(F)c([B-](F)(F)F)c(F)c1F. The number of Topliss-reactive ketones (excluding diaryl/α,β-unsaturated/α-hetero) is 1. The Bertz CT molecular complexity index is 1490. The molecule has 0 radical (unpaired) electrons. The maximum absolute atomic E-state index is 13.9. The highest BCUT2D eigenvalue weighted by Crippen LogP contribution is 2.30. The molecular weight excluding hydrogens is 577 g/mol. The van der Waals surface area contributed by atoms with Crippen molar-refractivity contribution in [1.82, 2.24) is 0 Å². The number of ketones is 1. The highest BCUT2D eigenvalue weighted by atomic mass is 32.2. The summed E-state index contributed by atoms with van der Waals surface area (Å²) in [4.78, 5) is 16.2. The number of carbonyl (C=O) groups is 1. The van der Waals surface area contributed by atoms with E-state index in [4.69, 9.17) is 0 Å². The standard InChI is InChI=1S/C22H22NO2S.C6BF8/c1-23(2)19-15-13-18(14-16-19)22(24)17-26(25,20-9-5-3-6-10-20)21-11-7-4-8-12-21;8-2-1(7(13,14)15)3(9)5(11)6(12)4(2)10/h3-16H,17H2,1-2H3;/q+1;-1. The predicted octanol–water partition coefficient (Wildman–Crippen LogP) is 6.99. The Morgan fingerprint density at radius 1 is 0.659 bits per heavy atom. The van der Waals surface area contributed by atoms with Crippen LogP contribution >= 0.6 is 0 Å². The Kier molecular flexibility index (Phi) is 9.75. The number of carbonyl (C=O) groups excluding carboxylic acids is 1. The first-order chi connectivity index (χ1) is 19.2. The molecule has 0 fully saturated rings. The van der Waals surface area contributed by atoms with Crippen molar-refractivity contribution in [3.63, 3.8) is 0 Å². The van der Waals surface area contributed by atoms with Gasteiger partial charge in [-0.05, 0) is 54.0 Å². The molecule has 216 valence electrons. The second kappa shape index (κ2) is 12.7. The van der Waals surface area contributed by atoms with Gasteiger partial charge < -0.3 is 17.8 Å². The summed E-state index contributed by atoms with van der Waals surface area (Å²) in [5.74, 6) is -13.7. The van der Waals surface area contributed by atoms with E-state index in [0.717, 1.165) is 5.69 Å². The lowest BCUT2D eigenvalue weighted by molar-refractivity contribution is 0.102. The normalized spacial score (nSPS) is 11.5. The summed E-state index contributed by atoms with van der Waals surface area (Å²) >= 11 is 0. The van der Waals surface area contributed by atoms with Crippen LogP contribution in [0.4, 0.5) is 40.6 Å². The van der Waals surface area contributed by atoms with Crippen molar-refractivity contribution < 1.29 is 43.9 Å². The highest BCUT2D eigenvalue weighted by molar-refractivity contribution is 8.03. The second-order valence-electron chi connectivity index (χ2n) is 8.87. The van der Waals surface area contributed by atoms with Crippen LogP contribution in [0.3, 0.4) is 0 Å². The zero-order chi connectivity index (χ0) is 30.5. The summed E-state index contributed by atoms with van der Waals surface area (Å²) < 4.78 is 112. The van der Waals surface area contributed by atoms with Gasteiger partial charge >= 0.3 is 6.98 Å². The maximum atomic E-state index is 13.9. The van der Waals surface area contributed by atoms with Crippen LogP contribution in [0, 0.1) is 29.1 Å². The van der Waals surface area contributed by atoms with Crippen LogP contribution in [0.2, 0.25) is 0 Å². The molecule has 0 N–H and O–H groups in total. The lowest BCUT2D eigenvalue weighted by Gasteiger charge is -2.17. The van der Waals surface area contributed by atoms with E-state index in [-0.39, 0.29) is 11.5 Å². The van der Waals surface area contributed by atoms with Gasteiger partial charge in [0.1, 0.15) is 11.6 Å². The van der Waals surface area contributed by atoms with Crippen LogP contribution in [-0.2, 0) is 14.1 Å². The van der Waals surface area contributed by atoms with Gasteiger partial charge in [-0.1, -0.05) is 40.6 Å². The summed E-state index contributed by atoms with van der Waals surface area (Å²) in [6.07, 6.45) is 0. The van der Waals surface area contributed by atoms with Crippen molar-refractivity contribution in [3.05, 3.63) is 120 Å². The molecule has 13 heteroatoms. The van der Waals surface area contributed by atoms with Crippen LogP contribution in [0.25, 0.3) is 0 Å². The van der Waals surface area contributed by atoms with E-state index < -0.39 is 51.5 Å². The number of nitrogens with zero attached hydrogens (tertiary/aromatic N) is 1. The Hall–Kier alpha value is -4.00. The van der Waals surface area contributed by atoms with Gasteiger partial charge in [0.05, 0.1) is 0 Å². The van der Waals surface area contributed by atoms with E-state index in [1.807, 2.05) is 91.8 Å². The third kappa shape index (κ3) is 7.02. The molecule has 0 heterocycles. The number of hydrogen-bond donors (Lipinski definition) is 0. The minimum absolute atomic E-state index is 0.0393. The molecule has 4 aromatic rings. The van der Waals surface area contributed by atoms with Gasteiger partial charge in [-0.15, -0.1) is 0 Å². The van der Waals surface area contributed by atoms with E-state index in [1.54, 1.807) is 12.1 Å². The van der Waals surface area contributed by atoms with E-state index in [9.17, 15) is 43.9 Å².